The van der Waals surface area contributed by atoms with Crippen LogP contribution in [0.5, 0.6) is 0 Å². The standard InChI is InChI=1S/C20H40O2/c1-2-3-4-5-6-7-8-9-10-11-12-13-14-15-16-17-18-20(22)19-21/h9-10,20-22H,2-8,11-19H2,1H3/b10-9-. The number of allylic oxidation sites excluding steroid dienone is 2. The third-order valence-electron chi connectivity index (χ3n) is 4.26. The fourth-order valence-electron chi connectivity index (χ4n) is 2.72. The lowest BCUT2D eigenvalue weighted by Gasteiger charge is -2.05. The van der Waals surface area contributed by atoms with Crippen molar-refractivity contribution in [3.05, 3.63) is 12.2 Å². The molecule has 0 spiro atoms. The van der Waals surface area contributed by atoms with Crippen LogP contribution in [-0.4, -0.2) is 22.9 Å². The summed E-state index contributed by atoms with van der Waals surface area (Å²) in [6.45, 7) is 2.18. The van der Waals surface area contributed by atoms with Gasteiger partial charge in [0.1, 0.15) is 0 Å². The van der Waals surface area contributed by atoms with Gasteiger partial charge in [-0.05, 0) is 32.1 Å². The maximum Gasteiger partial charge on any atom is 0.0770 e. The van der Waals surface area contributed by atoms with Crippen LogP contribution in [0, 0.1) is 0 Å². The van der Waals surface area contributed by atoms with Crippen LogP contribution in [0.2, 0.25) is 0 Å². The molecule has 0 aromatic heterocycles. The van der Waals surface area contributed by atoms with Crippen LogP contribution in [0.4, 0.5) is 0 Å². The van der Waals surface area contributed by atoms with Gasteiger partial charge in [-0.15, -0.1) is 0 Å². The van der Waals surface area contributed by atoms with Crippen LogP contribution >= 0.6 is 0 Å². The van der Waals surface area contributed by atoms with Crippen LogP contribution in [0.3, 0.4) is 0 Å². The Hall–Kier alpha value is -0.340. The third kappa shape index (κ3) is 17.7. The summed E-state index contributed by atoms with van der Waals surface area (Å²) in [6.07, 6.45) is 23.2. The van der Waals surface area contributed by atoms with E-state index in [1.54, 1.807) is 0 Å². The molecule has 2 heteroatoms. The molecule has 2 nitrogen and oxygen atoms in total. The van der Waals surface area contributed by atoms with Crippen LogP contribution in [-0.2, 0) is 0 Å². The quantitative estimate of drug-likeness (QED) is 0.264. The summed E-state index contributed by atoms with van der Waals surface area (Å²) in [5.41, 5.74) is 0. The number of rotatable bonds is 17. The second kappa shape index (κ2) is 18.7. The van der Waals surface area contributed by atoms with Gasteiger partial charge in [0, 0.05) is 0 Å². The van der Waals surface area contributed by atoms with E-state index in [-0.39, 0.29) is 6.61 Å². The normalized spacial score (nSPS) is 13.0. The second-order valence-electron chi connectivity index (χ2n) is 6.56. The van der Waals surface area contributed by atoms with E-state index in [9.17, 15) is 5.11 Å². The predicted octanol–water partition coefficient (Wildman–Crippen LogP) is 5.77. The molecule has 0 fully saturated rings. The van der Waals surface area contributed by atoms with Gasteiger partial charge < -0.3 is 10.2 Å². The molecule has 22 heavy (non-hydrogen) atoms. The van der Waals surface area contributed by atoms with E-state index in [1.165, 1.54) is 83.5 Å². The van der Waals surface area contributed by atoms with Gasteiger partial charge in [0.15, 0.2) is 0 Å². The molecule has 0 aromatic carbocycles. The molecule has 1 atom stereocenters. The van der Waals surface area contributed by atoms with Crippen molar-refractivity contribution in [3.63, 3.8) is 0 Å². The zero-order valence-corrected chi connectivity index (χ0v) is 14.9. The first-order valence-electron chi connectivity index (χ1n) is 9.75. The van der Waals surface area contributed by atoms with Crippen molar-refractivity contribution in [1.29, 1.82) is 0 Å². The molecule has 0 aliphatic heterocycles. The highest BCUT2D eigenvalue weighted by molar-refractivity contribution is 4.81. The van der Waals surface area contributed by atoms with Crippen LogP contribution in [0.15, 0.2) is 12.2 Å². The highest BCUT2D eigenvalue weighted by Gasteiger charge is 2.00. The molecule has 0 saturated heterocycles. The lowest BCUT2D eigenvalue weighted by Crippen LogP contribution is -2.10. The van der Waals surface area contributed by atoms with Crippen LogP contribution in [0.1, 0.15) is 103 Å². The maximum absolute atomic E-state index is 9.22. The van der Waals surface area contributed by atoms with Gasteiger partial charge in [0.2, 0.25) is 0 Å². The number of unbranched alkanes of at least 4 members (excludes halogenated alkanes) is 12. The lowest BCUT2D eigenvalue weighted by molar-refractivity contribution is 0.0860. The molecule has 0 saturated carbocycles. The summed E-state index contributed by atoms with van der Waals surface area (Å²) in [5, 5.41) is 17.9. The fourth-order valence-corrected chi connectivity index (χ4v) is 2.72. The van der Waals surface area contributed by atoms with Gasteiger partial charge >= 0.3 is 0 Å². The van der Waals surface area contributed by atoms with E-state index >= 15 is 0 Å². The summed E-state index contributed by atoms with van der Waals surface area (Å²) in [4.78, 5) is 0. The minimum atomic E-state index is -0.503. The maximum atomic E-state index is 9.22. The summed E-state index contributed by atoms with van der Waals surface area (Å²) in [5.74, 6) is 0. The topological polar surface area (TPSA) is 40.5 Å². The largest absolute Gasteiger partial charge is 0.394 e. The Bertz CT molecular complexity index is 226. The number of aliphatic hydroxyl groups is 2. The van der Waals surface area contributed by atoms with Crippen LogP contribution in [0.25, 0.3) is 0 Å². The van der Waals surface area contributed by atoms with E-state index in [4.69, 9.17) is 5.11 Å². The van der Waals surface area contributed by atoms with E-state index in [1.807, 2.05) is 0 Å². The molecule has 0 aromatic rings. The highest BCUT2D eigenvalue weighted by atomic mass is 16.3. The first kappa shape index (κ1) is 21.7. The number of hydrogen-bond acceptors (Lipinski definition) is 2. The van der Waals surface area contributed by atoms with E-state index in [0.717, 1.165) is 12.8 Å². The van der Waals surface area contributed by atoms with Gasteiger partial charge in [0.05, 0.1) is 12.7 Å². The molecule has 0 heterocycles. The van der Waals surface area contributed by atoms with Gasteiger partial charge in [-0.3, -0.25) is 0 Å². The molecule has 0 amide bonds. The highest BCUT2D eigenvalue weighted by Crippen LogP contribution is 2.11. The fraction of sp³-hybridized carbons (Fsp3) is 0.900. The van der Waals surface area contributed by atoms with Gasteiger partial charge in [0.25, 0.3) is 0 Å². The van der Waals surface area contributed by atoms with Crippen molar-refractivity contribution in [1.82, 2.24) is 0 Å². The second-order valence-corrected chi connectivity index (χ2v) is 6.56. The Morgan fingerprint density at radius 2 is 1.14 bits per heavy atom. The molecule has 0 aliphatic rings. The summed E-state index contributed by atoms with van der Waals surface area (Å²) in [6, 6.07) is 0. The summed E-state index contributed by atoms with van der Waals surface area (Å²) >= 11 is 0. The molecule has 2 N–H and O–H groups in total. The molecule has 0 rings (SSSR count). The monoisotopic (exact) mass is 312 g/mol. The van der Waals surface area contributed by atoms with Crippen molar-refractivity contribution in [2.45, 2.75) is 109 Å². The first-order valence-corrected chi connectivity index (χ1v) is 9.75. The Morgan fingerprint density at radius 3 is 1.64 bits per heavy atom. The SMILES string of the molecule is CCCCCCCC/C=C\CCCCCCCCC(O)CO. The zero-order valence-electron chi connectivity index (χ0n) is 14.9. The average molecular weight is 313 g/mol. The Kier molecular flexibility index (Phi) is 18.4. The van der Waals surface area contributed by atoms with E-state index < -0.39 is 6.10 Å². The molecule has 0 radical (unpaired) electrons. The van der Waals surface area contributed by atoms with Gasteiger partial charge in [-0.2, -0.15) is 0 Å². The van der Waals surface area contributed by atoms with Crippen molar-refractivity contribution in [2.75, 3.05) is 6.61 Å². The Labute approximate surface area is 139 Å². The molecular formula is C20H40O2. The minimum absolute atomic E-state index is 0.0922. The van der Waals surface area contributed by atoms with Crippen molar-refractivity contribution < 1.29 is 10.2 Å². The van der Waals surface area contributed by atoms with Crippen molar-refractivity contribution in [2.24, 2.45) is 0 Å². The van der Waals surface area contributed by atoms with E-state index in [0.29, 0.717) is 0 Å². The number of aliphatic hydroxyl groups excluding tert-OH is 2. The first-order chi connectivity index (χ1) is 10.8. The third-order valence-corrected chi connectivity index (χ3v) is 4.26. The average Bonchev–Trinajstić information content (AvgIpc) is 2.54. The Morgan fingerprint density at radius 1 is 0.682 bits per heavy atom. The molecule has 0 aliphatic carbocycles. The molecule has 1 unspecified atom stereocenters. The van der Waals surface area contributed by atoms with Gasteiger partial charge in [-0.1, -0.05) is 83.3 Å². The lowest BCUT2D eigenvalue weighted by atomic mass is 10.1. The molecular weight excluding hydrogens is 272 g/mol. The zero-order chi connectivity index (χ0) is 16.3. The molecule has 0 bridgehead atoms. The predicted molar refractivity (Wildman–Crippen MR) is 97.2 cm³/mol. The smallest absolute Gasteiger partial charge is 0.0770 e. The van der Waals surface area contributed by atoms with Crippen molar-refractivity contribution >= 4 is 0 Å². The summed E-state index contributed by atoms with van der Waals surface area (Å²) in [7, 11) is 0. The minimum Gasteiger partial charge on any atom is -0.394 e. The molecule has 132 valence electrons. The van der Waals surface area contributed by atoms with Crippen LogP contribution < -0.4 is 0 Å². The summed E-state index contributed by atoms with van der Waals surface area (Å²) < 4.78 is 0. The Balaban J connectivity index is 3.08. The number of hydrogen-bond donors (Lipinski definition) is 2. The van der Waals surface area contributed by atoms with E-state index in [2.05, 4.69) is 19.1 Å². The van der Waals surface area contributed by atoms with Crippen molar-refractivity contribution in [3.8, 4) is 0 Å². The van der Waals surface area contributed by atoms with Gasteiger partial charge in [-0.25, -0.2) is 0 Å².